The number of nitrogens with zero attached hydrogens (tertiary/aromatic N) is 7. The van der Waals surface area contributed by atoms with Gasteiger partial charge in [-0.2, -0.15) is 5.26 Å². The number of hydrogen-bond donors (Lipinski definition) is 2. The van der Waals surface area contributed by atoms with Crippen LogP contribution in [0.15, 0.2) is 73.1 Å². The first-order valence-corrected chi connectivity index (χ1v) is 23.6. The first-order valence-electron chi connectivity index (χ1n) is 23.2. The monoisotopic (exact) mass is 913 g/mol. The van der Waals surface area contributed by atoms with Gasteiger partial charge in [-0.05, 0) is 61.9 Å². The highest BCUT2D eigenvalue weighted by atomic mass is 35.5. The molecular weight excluding hydrogens is 854 g/mol. The Morgan fingerprint density at radius 1 is 0.955 bits per heavy atom. The number of halogens is 1. The first-order chi connectivity index (χ1) is 31.7. The molecule has 5 aromatic rings. The van der Waals surface area contributed by atoms with Crippen LogP contribution in [-0.4, -0.2) is 87.8 Å². The number of imidazole rings is 1. The summed E-state index contributed by atoms with van der Waals surface area (Å²) in [6.45, 7) is 12.7. The van der Waals surface area contributed by atoms with Crippen molar-refractivity contribution in [3.8, 4) is 11.8 Å². The van der Waals surface area contributed by atoms with Crippen LogP contribution in [0.5, 0.6) is 5.75 Å². The zero-order valence-electron chi connectivity index (χ0n) is 38.8. The van der Waals surface area contributed by atoms with Crippen molar-refractivity contribution in [3.63, 3.8) is 0 Å². The lowest BCUT2D eigenvalue weighted by molar-refractivity contribution is -0.164. The number of hydrogen-bond acceptors (Lipinski definition) is 10. The SMILES string of the molecule is CCCCc1c(NC(=O)OC)ccc2c1nc(Cc1ccccc1)n2[C@@H]1CCC[C@@H](C(=O)N2CCN(c3ncc(C(=O)NC4C(C)(C)C(Oc5ccc(C#N)c(Cl)c5)C4(C)C)cn3)CC2)C1. The Hall–Kier alpha value is -6.20. The van der Waals surface area contributed by atoms with Crippen LogP contribution in [0.4, 0.5) is 16.4 Å². The Kier molecular flexibility index (Phi) is 13.6. The fraction of sp³-hybridized carbons (Fsp3) is 0.471. The number of carbonyl (C=O) groups excluding carboxylic acids is 3. The fourth-order valence-corrected chi connectivity index (χ4v) is 11.1. The number of piperazine rings is 1. The second-order valence-electron chi connectivity index (χ2n) is 19.1. The average Bonchev–Trinajstić information content (AvgIpc) is 3.69. The number of amides is 3. The van der Waals surface area contributed by atoms with Gasteiger partial charge in [-0.1, -0.05) is 89.4 Å². The third-order valence-electron chi connectivity index (χ3n) is 14.0. The minimum absolute atomic E-state index is 0.0879. The van der Waals surface area contributed by atoms with Crippen LogP contribution in [0.2, 0.25) is 5.02 Å². The van der Waals surface area contributed by atoms with Crippen LogP contribution >= 0.6 is 11.6 Å². The van der Waals surface area contributed by atoms with Crippen molar-refractivity contribution in [2.75, 3.05) is 43.5 Å². The number of aromatic nitrogens is 4. The molecule has 3 amide bonds. The molecule has 2 atom stereocenters. The number of aryl methyl sites for hydroxylation is 1. The van der Waals surface area contributed by atoms with Crippen molar-refractivity contribution in [1.82, 2.24) is 29.7 Å². The summed E-state index contributed by atoms with van der Waals surface area (Å²) < 4.78 is 13.7. The van der Waals surface area contributed by atoms with Gasteiger partial charge in [0.2, 0.25) is 11.9 Å². The molecule has 3 heterocycles. The maximum atomic E-state index is 14.3. The summed E-state index contributed by atoms with van der Waals surface area (Å²) in [6, 6.07) is 21.4. The predicted octanol–water partition coefficient (Wildman–Crippen LogP) is 9.16. The van der Waals surface area contributed by atoms with Crippen LogP contribution in [0.25, 0.3) is 11.0 Å². The van der Waals surface area contributed by atoms with Gasteiger partial charge in [0.05, 0.1) is 34.3 Å². The molecule has 2 saturated carbocycles. The van der Waals surface area contributed by atoms with E-state index in [1.807, 2.05) is 29.2 Å². The maximum absolute atomic E-state index is 14.3. The lowest BCUT2D eigenvalue weighted by Gasteiger charge is -2.63. The molecule has 3 aliphatic rings. The molecule has 0 spiro atoms. The Balaban J connectivity index is 0.906. The Morgan fingerprint density at radius 2 is 1.68 bits per heavy atom. The Morgan fingerprint density at radius 3 is 2.35 bits per heavy atom. The van der Waals surface area contributed by atoms with Crippen LogP contribution < -0.4 is 20.3 Å². The van der Waals surface area contributed by atoms with Gasteiger partial charge >= 0.3 is 6.09 Å². The van der Waals surface area contributed by atoms with Gasteiger partial charge in [-0.15, -0.1) is 0 Å². The fourth-order valence-electron chi connectivity index (χ4n) is 10.9. The summed E-state index contributed by atoms with van der Waals surface area (Å²) in [5.41, 5.74) is 4.72. The quantitative estimate of drug-likeness (QED) is 0.116. The molecule has 2 aliphatic carbocycles. The minimum Gasteiger partial charge on any atom is -0.489 e. The van der Waals surface area contributed by atoms with E-state index >= 15 is 0 Å². The van der Waals surface area contributed by atoms with Crippen LogP contribution in [0, 0.1) is 28.1 Å². The predicted molar refractivity (Wildman–Crippen MR) is 255 cm³/mol. The zero-order valence-corrected chi connectivity index (χ0v) is 39.5. The molecule has 15 heteroatoms. The molecule has 0 unspecified atom stereocenters. The number of ether oxygens (including phenoxy) is 2. The highest BCUT2D eigenvalue weighted by molar-refractivity contribution is 6.31. The third kappa shape index (κ3) is 9.27. The number of unbranched alkanes of at least 4 members (excludes halogenated alkanes) is 1. The molecule has 66 heavy (non-hydrogen) atoms. The number of benzene rings is 3. The standard InChI is InChI=1S/C51H60ClN9O5/c1-7-8-17-38-40(56-49(64)65-6)20-21-41-43(38)57-42(26-32-13-10-9-11-14-32)61(41)36-16-12-15-33(27-36)45(63)59-22-24-60(25-23-59)48-54-30-35(31-55-48)44(62)58-46-50(2,3)47(51(46,4)5)66-37-19-18-34(29-53)39(52)28-37/h9-11,13-14,18-21,28,30-31,33,36,46-47H,7-8,12,15-17,22-27H2,1-6H3,(H,56,64)(H,58,62)/t33-,36-,46?,47?/m1/s1. The molecule has 3 aromatic carbocycles. The topological polar surface area (TPSA) is 168 Å². The molecule has 2 N–H and O–H groups in total. The van der Waals surface area contributed by atoms with Gasteiger partial charge in [0.25, 0.3) is 5.91 Å². The number of nitriles is 1. The molecule has 1 saturated heterocycles. The molecule has 346 valence electrons. The van der Waals surface area contributed by atoms with Gasteiger partial charge in [-0.25, -0.2) is 19.7 Å². The van der Waals surface area contributed by atoms with E-state index in [4.69, 9.17) is 26.1 Å². The van der Waals surface area contributed by atoms with Gasteiger partial charge in [0.15, 0.2) is 0 Å². The van der Waals surface area contributed by atoms with E-state index in [2.05, 4.69) is 89.0 Å². The molecule has 0 radical (unpaired) electrons. The van der Waals surface area contributed by atoms with Crippen molar-refractivity contribution in [3.05, 3.63) is 106 Å². The van der Waals surface area contributed by atoms with Crippen molar-refractivity contribution in [1.29, 1.82) is 5.26 Å². The van der Waals surface area contributed by atoms with Crippen molar-refractivity contribution in [2.24, 2.45) is 16.7 Å². The second kappa shape index (κ2) is 19.3. The normalized spacial score (nSPS) is 21.1. The molecule has 1 aliphatic heterocycles. The van der Waals surface area contributed by atoms with Crippen molar-refractivity contribution in [2.45, 2.75) is 104 Å². The van der Waals surface area contributed by atoms with Gasteiger partial charge in [-0.3, -0.25) is 14.9 Å². The minimum atomic E-state index is -0.510. The average molecular weight is 915 g/mol. The first kappa shape index (κ1) is 46.3. The summed E-state index contributed by atoms with van der Waals surface area (Å²) in [7, 11) is 1.37. The van der Waals surface area contributed by atoms with Gasteiger partial charge in [0.1, 0.15) is 23.7 Å². The van der Waals surface area contributed by atoms with Gasteiger partial charge in [0, 0.05) is 91.1 Å². The molecule has 14 nitrogen and oxygen atoms in total. The highest BCUT2D eigenvalue weighted by Crippen LogP contribution is 2.55. The van der Waals surface area contributed by atoms with Crippen LogP contribution in [0.3, 0.4) is 0 Å². The van der Waals surface area contributed by atoms with Crippen molar-refractivity contribution >= 4 is 52.2 Å². The molecule has 2 aromatic heterocycles. The molecule has 8 rings (SSSR count). The number of rotatable bonds is 13. The van der Waals surface area contributed by atoms with E-state index in [9.17, 15) is 19.6 Å². The number of methoxy groups -OCH3 is 1. The Labute approximate surface area is 392 Å². The summed E-state index contributed by atoms with van der Waals surface area (Å²) in [5, 5.41) is 15.7. The highest BCUT2D eigenvalue weighted by Gasteiger charge is 2.64. The number of carbonyl (C=O) groups is 3. The third-order valence-corrected chi connectivity index (χ3v) is 14.3. The zero-order chi connectivity index (χ0) is 46.8. The summed E-state index contributed by atoms with van der Waals surface area (Å²) in [5.74, 6) is 1.86. The van der Waals surface area contributed by atoms with E-state index < -0.39 is 16.9 Å². The van der Waals surface area contributed by atoms with E-state index in [0.717, 1.165) is 72.9 Å². The van der Waals surface area contributed by atoms with Crippen molar-refractivity contribution < 1.29 is 23.9 Å². The summed E-state index contributed by atoms with van der Waals surface area (Å²) >= 11 is 6.27. The molecular formula is C51H60ClN9O5. The number of fused-ring (bicyclic) bond motifs is 1. The lowest BCUT2D eigenvalue weighted by atomic mass is 9.49. The van der Waals surface area contributed by atoms with Crippen LogP contribution in [-0.2, 0) is 22.4 Å². The van der Waals surface area contributed by atoms with E-state index in [1.165, 1.54) is 7.11 Å². The van der Waals surface area contributed by atoms with E-state index in [0.29, 0.717) is 66.1 Å². The van der Waals surface area contributed by atoms with Gasteiger partial charge < -0.3 is 29.2 Å². The lowest BCUT2D eigenvalue weighted by Crippen LogP contribution is -2.74. The Bertz CT molecular complexity index is 2600. The number of anilines is 2. The van der Waals surface area contributed by atoms with E-state index in [1.54, 1.807) is 30.6 Å². The van der Waals surface area contributed by atoms with Crippen LogP contribution in [0.1, 0.15) is 112 Å². The smallest absolute Gasteiger partial charge is 0.411 e. The molecule has 3 fully saturated rings. The summed E-state index contributed by atoms with van der Waals surface area (Å²) in [4.78, 5) is 58.8. The largest absolute Gasteiger partial charge is 0.489 e. The molecule has 0 bridgehead atoms. The maximum Gasteiger partial charge on any atom is 0.411 e. The van der Waals surface area contributed by atoms with E-state index in [-0.39, 0.29) is 35.9 Å². The summed E-state index contributed by atoms with van der Waals surface area (Å²) in [6.07, 6.45) is 9.21. The second-order valence-corrected chi connectivity index (χ2v) is 19.5. The number of nitrogens with one attached hydrogen (secondary N) is 2.